The molecule has 1 aliphatic rings. The number of hydrogen-bond acceptors (Lipinski definition) is 4. The molecule has 0 spiro atoms. The van der Waals surface area contributed by atoms with Gasteiger partial charge in [-0.25, -0.2) is 0 Å². The Morgan fingerprint density at radius 1 is 1.30 bits per heavy atom. The maximum Gasteiger partial charge on any atom is 0.272 e. The van der Waals surface area contributed by atoms with Crippen LogP contribution in [0.3, 0.4) is 0 Å². The largest absolute Gasteiger partial charge is 0.337 e. The lowest BCUT2D eigenvalue weighted by atomic mass is 9.92. The quantitative estimate of drug-likeness (QED) is 0.771. The minimum Gasteiger partial charge on any atom is -0.337 e. The Morgan fingerprint density at radius 2 is 2.07 bits per heavy atom. The van der Waals surface area contributed by atoms with Crippen molar-refractivity contribution >= 4 is 16.8 Å². The van der Waals surface area contributed by atoms with Crippen LogP contribution in [0.15, 0.2) is 35.3 Å². The summed E-state index contributed by atoms with van der Waals surface area (Å²) < 4.78 is 1.67. The van der Waals surface area contributed by atoms with Crippen molar-refractivity contribution in [3.05, 3.63) is 57.9 Å². The zero-order valence-corrected chi connectivity index (χ0v) is 15.6. The summed E-state index contributed by atoms with van der Waals surface area (Å²) in [5.41, 5.74) is 3.09. The average Bonchev–Trinajstić information content (AvgIpc) is 3.08. The van der Waals surface area contributed by atoms with Crippen LogP contribution in [-0.4, -0.2) is 43.6 Å². The van der Waals surface area contributed by atoms with E-state index >= 15 is 0 Å². The molecule has 1 N–H and O–H groups in total. The Labute approximate surface area is 157 Å². The second-order valence-corrected chi connectivity index (χ2v) is 7.05. The second-order valence-electron chi connectivity index (χ2n) is 7.05. The van der Waals surface area contributed by atoms with Crippen LogP contribution in [0.2, 0.25) is 0 Å². The summed E-state index contributed by atoms with van der Waals surface area (Å²) in [6, 6.07) is 7.39. The molecule has 4 heterocycles. The van der Waals surface area contributed by atoms with Gasteiger partial charge in [0.05, 0.1) is 16.6 Å². The number of carbonyl (C=O) groups excluding carboxylic acids is 1. The van der Waals surface area contributed by atoms with E-state index in [9.17, 15) is 9.59 Å². The Morgan fingerprint density at radius 3 is 2.78 bits per heavy atom. The second kappa shape index (κ2) is 6.98. The van der Waals surface area contributed by atoms with Gasteiger partial charge in [-0.15, -0.1) is 0 Å². The van der Waals surface area contributed by atoms with Crippen LogP contribution >= 0.6 is 0 Å². The number of aromatic nitrogens is 4. The number of amides is 1. The molecule has 1 saturated heterocycles. The summed E-state index contributed by atoms with van der Waals surface area (Å²) in [4.78, 5) is 34.3. The van der Waals surface area contributed by atoms with Crippen LogP contribution in [0, 0.1) is 0 Å². The van der Waals surface area contributed by atoms with E-state index in [1.165, 1.54) is 0 Å². The summed E-state index contributed by atoms with van der Waals surface area (Å²) in [6.07, 6.45) is 4.15. The lowest BCUT2D eigenvalue weighted by Gasteiger charge is -2.32. The molecule has 0 bridgehead atoms. The summed E-state index contributed by atoms with van der Waals surface area (Å²) in [7, 11) is 1.81. The normalized spacial score (nSPS) is 15.4. The number of hydrogen-bond donors (Lipinski definition) is 1. The molecule has 1 amide bonds. The first-order chi connectivity index (χ1) is 13.1. The van der Waals surface area contributed by atoms with E-state index in [2.05, 4.69) is 15.1 Å². The third-order valence-corrected chi connectivity index (χ3v) is 5.37. The van der Waals surface area contributed by atoms with Crippen molar-refractivity contribution in [2.45, 2.75) is 32.1 Å². The van der Waals surface area contributed by atoms with Gasteiger partial charge in [0, 0.05) is 37.9 Å². The number of rotatable bonds is 3. The Bertz CT molecular complexity index is 1040. The number of aryl methyl sites for hydroxylation is 2. The van der Waals surface area contributed by atoms with Crippen molar-refractivity contribution in [1.82, 2.24) is 24.6 Å². The Balaban J connectivity index is 1.49. The van der Waals surface area contributed by atoms with Crippen molar-refractivity contribution < 1.29 is 4.79 Å². The molecular formula is C20H23N5O2. The van der Waals surface area contributed by atoms with Crippen LogP contribution < -0.4 is 5.56 Å². The van der Waals surface area contributed by atoms with Crippen LogP contribution in [-0.2, 0) is 13.5 Å². The first-order valence-corrected chi connectivity index (χ1v) is 9.37. The molecule has 140 valence electrons. The number of nitrogens with zero attached hydrogens (tertiary/aromatic N) is 4. The highest BCUT2D eigenvalue weighted by Crippen LogP contribution is 2.28. The van der Waals surface area contributed by atoms with Crippen molar-refractivity contribution in [3.63, 3.8) is 0 Å². The van der Waals surface area contributed by atoms with Gasteiger partial charge in [-0.2, -0.15) is 5.10 Å². The van der Waals surface area contributed by atoms with Crippen molar-refractivity contribution in [1.29, 1.82) is 0 Å². The number of piperidine rings is 1. The van der Waals surface area contributed by atoms with Gasteiger partial charge in [-0.1, -0.05) is 6.92 Å². The van der Waals surface area contributed by atoms with E-state index in [1.807, 2.05) is 31.0 Å². The smallest absolute Gasteiger partial charge is 0.272 e. The molecule has 0 aliphatic carbocycles. The minimum absolute atomic E-state index is 0.0248. The number of carbonyl (C=O) groups is 1. The van der Waals surface area contributed by atoms with Crippen LogP contribution in [0.1, 0.15) is 47.6 Å². The monoisotopic (exact) mass is 365 g/mol. The van der Waals surface area contributed by atoms with Crippen molar-refractivity contribution in [3.8, 4) is 0 Å². The van der Waals surface area contributed by atoms with E-state index in [0.717, 1.165) is 36.2 Å². The van der Waals surface area contributed by atoms with Crippen molar-refractivity contribution in [2.75, 3.05) is 13.1 Å². The van der Waals surface area contributed by atoms with E-state index in [4.69, 9.17) is 0 Å². The molecule has 4 rings (SSSR count). The van der Waals surface area contributed by atoms with Gasteiger partial charge in [0.1, 0.15) is 5.69 Å². The molecule has 0 aromatic carbocycles. The molecule has 7 heteroatoms. The van der Waals surface area contributed by atoms with Gasteiger partial charge in [-0.3, -0.25) is 19.3 Å². The summed E-state index contributed by atoms with van der Waals surface area (Å²) in [5, 5.41) is 4.98. The van der Waals surface area contributed by atoms with Crippen LogP contribution in [0.5, 0.6) is 0 Å². The highest BCUT2D eigenvalue weighted by Gasteiger charge is 2.27. The molecular weight excluding hydrogens is 342 g/mol. The standard InChI is InChI=1S/C20H23N5O2/c1-3-14-11-18(24(2)23-14)20(27)25-9-6-13(7-10-25)16-12-17-15(19(26)22-16)5-4-8-21-17/h4-5,8,11-13H,3,6-7,9-10H2,1-2H3,(H,22,26). The van der Waals surface area contributed by atoms with Gasteiger partial charge >= 0.3 is 0 Å². The predicted molar refractivity (Wildman–Crippen MR) is 103 cm³/mol. The fraction of sp³-hybridized carbons (Fsp3) is 0.400. The maximum atomic E-state index is 12.8. The molecule has 1 aliphatic heterocycles. The number of fused-ring (bicyclic) bond motifs is 1. The highest BCUT2D eigenvalue weighted by molar-refractivity contribution is 5.92. The Kier molecular flexibility index (Phi) is 4.51. The molecule has 0 unspecified atom stereocenters. The lowest BCUT2D eigenvalue weighted by molar-refractivity contribution is 0.0701. The first-order valence-electron chi connectivity index (χ1n) is 9.37. The molecule has 1 fully saturated rings. The van der Waals surface area contributed by atoms with Gasteiger partial charge in [0.2, 0.25) is 0 Å². The fourth-order valence-corrected chi connectivity index (χ4v) is 3.78. The molecule has 7 nitrogen and oxygen atoms in total. The fourth-order valence-electron chi connectivity index (χ4n) is 3.78. The third kappa shape index (κ3) is 3.25. The third-order valence-electron chi connectivity index (χ3n) is 5.37. The SMILES string of the molecule is CCc1cc(C(=O)N2CCC(c3cc4ncccc4c(=O)[nH]3)CC2)n(C)n1. The first kappa shape index (κ1) is 17.5. The topological polar surface area (TPSA) is 83.9 Å². The molecule has 3 aromatic rings. The van der Waals surface area contributed by atoms with Gasteiger partial charge in [-0.05, 0) is 43.5 Å². The van der Waals surface area contributed by atoms with Crippen molar-refractivity contribution in [2.24, 2.45) is 7.05 Å². The minimum atomic E-state index is -0.101. The van der Waals surface area contributed by atoms with Crippen LogP contribution in [0.4, 0.5) is 0 Å². The van der Waals surface area contributed by atoms with E-state index in [-0.39, 0.29) is 17.4 Å². The van der Waals surface area contributed by atoms with Gasteiger partial charge < -0.3 is 9.88 Å². The van der Waals surface area contributed by atoms with Gasteiger partial charge in [0.25, 0.3) is 11.5 Å². The lowest BCUT2D eigenvalue weighted by Crippen LogP contribution is -2.39. The molecule has 0 atom stereocenters. The molecule has 27 heavy (non-hydrogen) atoms. The Hall–Kier alpha value is -2.96. The zero-order valence-electron chi connectivity index (χ0n) is 15.6. The number of likely N-dealkylation sites (tertiary alicyclic amines) is 1. The van der Waals surface area contributed by atoms with Gasteiger partial charge in [0.15, 0.2) is 0 Å². The van der Waals surface area contributed by atoms with E-state index in [1.54, 1.807) is 23.0 Å². The number of nitrogens with one attached hydrogen (secondary N) is 1. The highest BCUT2D eigenvalue weighted by atomic mass is 16.2. The number of pyridine rings is 2. The molecule has 0 saturated carbocycles. The van der Waals surface area contributed by atoms with E-state index in [0.29, 0.717) is 24.2 Å². The summed E-state index contributed by atoms with van der Waals surface area (Å²) in [5.74, 6) is 0.253. The van der Waals surface area contributed by atoms with Crippen LogP contribution in [0.25, 0.3) is 10.9 Å². The summed E-state index contributed by atoms with van der Waals surface area (Å²) >= 11 is 0. The summed E-state index contributed by atoms with van der Waals surface area (Å²) in [6.45, 7) is 3.36. The number of H-pyrrole nitrogens is 1. The average molecular weight is 365 g/mol. The predicted octanol–water partition coefficient (Wildman–Crippen LogP) is 2.24. The molecule has 0 radical (unpaired) electrons. The zero-order chi connectivity index (χ0) is 19.0. The maximum absolute atomic E-state index is 12.8. The number of aromatic amines is 1. The van der Waals surface area contributed by atoms with E-state index < -0.39 is 0 Å². The molecule has 3 aromatic heterocycles.